The van der Waals surface area contributed by atoms with Gasteiger partial charge in [-0.25, -0.2) is 4.79 Å². The molecular weight excluding hydrogens is 184 g/mol. The van der Waals surface area contributed by atoms with Gasteiger partial charge >= 0.3 is 6.09 Å². The van der Waals surface area contributed by atoms with Gasteiger partial charge in [0.05, 0.1) is 0 Å². The molecule has 0 aliphatic rings. The topological polar surface area (TPSA) is 78.4 Å². The van der Waals surface area contributed by atoms with E-state index < -0.39 is 12.1 Å². The van der Waals surface area contributed by atoms with Gasteiger partial charge in [0.1, 0.15) is 6.04 Å². The summed E-state index contributed by atoms with van der Waals surface area (Å²) >= 11 is 0. The van der Waals surface area contributed by atoms with Gasteiger partial charge in [-0.2, -0.15) is 0 Å². The zero-order chi connectivity index (χ0) is 11.1. The molecule has 0 bridgehead atoms. The Kier molecular flexibility index (Phi) is 5.67. The second-order valence-corrected chi connectivity index (χ2v) is 3.21. The van der Waals surface area contributed by atoms with Gasteiger partial charge in [0.2, 0.25) is 5.91 Å². The summed E-state index contributed by atoms with van der Waals surface area (Å²) in [6.07, 6.45) is -0.413. The maximum Gasteiger partial charge on any atom is 0.405 e. The Hall–Kier alpha value is -1.26. The summed E-state index contributed by atoms with van der Waals surface area (Å²) < 4.78 is 0. The Morgan fingerprint density at radius 2 is 1.93 bits per heavy atom. The van der Waals surface area contributed by atoms with Gasteiger partial charge in [-0.05, 0) is 12.8 Å². The minimum atomic E-state index is -1.17. The van der Waals surface area contributed by atoms with Crippen molar-refractivity contribution in [3.05, 3.63) is 0 Å². The minimum Gasteiger partial charge on any atom is -0.465 e. The minimum absolute atomic E-state index is 0.00218. The summed E-state index contributed by atoms with van der Waals surface area (Å²) in [7, 11) is 0. The third-order valence-corrected chi connectivity index (χ3v) is 2.13. The number of likely N-dealkylation sites (N-methyl/N-ethyl adjacent to an activating group) is 1. The highest BCUT2D eigenvalue weighted by Crippen LogP contribution is 2.07. The van der Waals surface area contributed by atoms with Crippen molar-refractivity contribution in [3.63, 3.8) is 0 Å². The number of rotatable bonds is 5. The first-order chi connectivity index (χ1) is 6.52. The van der Waals surface area contributed by atoms with Crippen LogP contribution in [0.4, 0.5) is 4.79 Å². The first-order valence-corrected chi connectivity index (χ1v) is 4.80. The van der Waals surface area contributed by atoms with Crippen molar-refractivity contribution in [1.82, 2.24) is 10.6 Å². The van der Waals surface area contributed by atoms with E-state index in [0.717, 1.165) is 6.42 Å². The van der Waals surface area contributed by atoms with Gasteiger partial charge in [-0.3, -0.25) is 4.79 Å². The van der Waals surface area contributed by atoms with Crippen molar-refractivity contribution in [3.8, 4) is 0 Å². The maximum absolute atomic E-state index is 11.4. The molecule has 0 fully saturated rings. The van der Waals surface area contributed by atoms with Crippen LogP contribution in [-0.4, -0.2) is 29.7 Å². The van der Waals surface area contributed by atoms with E-state index in [0.29, 0.717) is 6.54 Å². The number of hydrogen-bond donors (Lipinski definition) is 3. The van der Waals surface area contributed by atoms with E-state index in [1.54, 1.807) is 6.92 Å². The number of carboxylic acid groups (broad SMARTS) is 1. The third-order valence-electron chi connectivity index (χ3n) is 2.13. The van der Waals surface area contributed by atoms with Crippen molar-refractivity contribution in [1.29, 1.82) is 0 Å². The fourth-order valence-corrected chi connectivity index (χ4v) is 1.12. The van der Waals surface area contributed by atoms with Gasteiger partial charge in [-0.1, -0.05) is 20.3 Å². The van der Waals surface area contributed by atoms with Crippen molar-refractivity contribution in [2.45, 2.75) is 33.2 Å². The lowest BCUT2D eigenvalue weighted by Gasteiger charge is -2.21. The molecule has 0 saturated heterocycles. The number of nitrogens with one attached hydrogen (secondary N) is 2. The average Bonchev–Trinajstić information content (AvgIpc) is 2.13. The molecule has 0 aliphatic heterocycles. The molecule has 0 aromatic carbocycles. The molecule has 5 nitrogen and oxygen atoms in total. The highest BCUT2D eigenvalue weighted by atomic mass is 16.4. The molecule has 0 radical (unpaired) electrons. The summed E-state index contributed by atoms with van der Waals surface area (Å²) in [5.74, 6) is -0.262. The zero-order valence-corrected chi connectivity index (χ0v) is 8.83. The molecule has 0 aliphatic carbocycles. The lowest BCUT2D eigenvalue weighted by Crippen LogP contribution is -2.49. The number of amides is 2. The van der Waals surface area contributed by atoms with E-state index in [1.807, 2.05) is 13.8 Å². The van der Waals surface area contributed by atoms with Crippen LogP contribution in [0.5, 0.6) is 0 Å². The lowest BCUT2D eigenvalue weighted by atomic mass is 9.98. The summed E-state index contributed by atoms with van der Waals surface area (Å²) in [5, 5.41) is 13.4. The first-order valence-electron chi connectivity index (χ1n) is 4.80. The molecule has 2 unspecified atom stereocenters. The van der Waals surface area contributed by atoms with Crippen LogP contribution in [0.1, 0.15) is 27.2 Å². The number of carbonyl (C=O) groups is 2. The molecule has 82 valence electrons. The van der Waals surface area contributed by atoms with E-state index in [2.05, 4.69) is 10.6 Å². The van der Waals surface area contributed by atoms with Crippen LogP contribution in [0, 0.1) is 5.92 Å². The molecule has 0 aromatic rings. The van der Waals surface area contributed by atoms with E-state index in [9.17, 15) is 9.59 Å². The molecule has 0 rings (SSSR count). The first kappa shape index (κ1) is 12.7. The van der Waals surface area contributed by atoms with Crippen LogP contribution in [0.2, 0.25) is 0 Å². The number of hydrogen-bond acceptors (Lipinski definition) is 2. The fraction of sp³-hybridized carbons (Fsp3) is 0.778. The summed E-state index contributed by atoms with van der Waals surface area (Å²) in [6, 6.07) is -0.655. The fourth-order valence-electron chi connectivity index (χ4n) is 1.12. The number of carbonyl (C=O) groups excluding carboxylic acids is 1. The van der Waals surface area contributed by atoms with Crippen LogP contribution in [0.15, 0.2) is 0 Å². The van der Waals surface area contributed by atoms with Crippen LogP contribution in [-0.2, 0) is 4.79 Å². The Morgan fingerprint density at radius 1 is 1.36 bits per heavy atom. The maximum atomic E-state index is 11.4. The van der Waals surface area contributed by atoms with E-state index >= 15 is 0 Å². The molecule has 2 atom stereocenters. The van der Waals surface area contributed by atoms with Crippen LogP contribution in [0.3, 0.4) is 0 Å². The van der Waals surface area contributed by atoms with Gasteiger partial charge < -0.3 is 15.7 Å². The van der Waals surface area contributed by atoms with E-state index in [-0.39, 0.29) is 11.8 Å². The third kappa shape index (κ3) is 4.11. The highest BCUT2D eigenvalue weighted by molar-refractivity contribution is 5.85. The second kappa shape index (κ2) is 6.23. The molecule has 0 saturated carbocycles. The summed E-state index contributed by atoms with van der Waals surface area (Å²) in [5.41, 5.74) is 0. The Bertz CT molecular complexity index is 206. The SMILES string of the molecule is CCNC(=O)C(NC(=O)O)C(C)CC. The smallest absolute Gasteiger partial charge is 0.405 e. The van der Waals surface area contributed by atoms with E-state index in [1.165, 1.54) is 0 Å². The van der Waals surface area contributed by atoms with E-state index in [4.69, 9.17) is 5.11 Å². The summed E-state index contributed by atoms with van der Waals surface area (Å²) in [6.45, 7) is 6.07. The van der Waals surface area contributed by atoms with Crippen molar-refractivity contribution in [2.24, 2.45) is 5.92 Å². The average molecular weight is 202 g/mol. The van der Waals surface area contributed by atoms with Gasteiger partial charge in [0.15, 0.2) is 0 Å². The molecule has 2 amide bonds. The normalized spacial score (nSPS) is 14.2. The molecule has 0 aromatic heterocycles. The lowest BCUT2D eigenvalue weighted by molar-refractivity contribution is -0.124. The molecular formula is C9H18N2O3. The summed E-state index contributed by atoms with van der Waals surface area (Å²) in [4.78, 5) is 21.9. The molecule has 5 heteroatoms. The monoisotopic (exact) mass is 202 g/mol. The molecule has 0 spiro atoms. The standard InChI is InChI=1S/C9H18N2O3/c1-4-6(3)7(11-9(13)14)8(12)10-5-2/h6-7,11H,4-5H2,1-3H3,(H,10,12)(H,13,14). The van der Waals surface area contributed by atoms with Crippen molar-refractivity contribution >= 4 is 12.0 Å². The zero-order valence-electron chi connectivity index (χ0n) is 8.83. The molecule has 0 heterocycles. The van der Waals surface area contributed by atoms with Crippen LogP contribution < -0.4 is 10.6 Å². The van der Waals surface area contributed by atoms with Crippen molar-refractivity contribution < 1.29 is 14.7 Å². The molecule has 14 heavy (non-hydrogen) atoms. The molecule has 3 N–H and O–H groups in total. The predicted molar refractivity (Wildman–Crippen MR) is 53.1 cm³/mol. The highest BCUT2D eigenvalue weighted by Gasteiger charge is 2.24. The Morgan fingerprint density at radius 3 is 2.29 bits per heavy atom. The van der Waals surface area contributed by atoms with Crippen LogP contribution >= 0.6 is 0 Å². The predicted octanol–water partition coefficient (Wildman–Crippen LogP) is 0.805. The quantitative estimate of drug-likeness (QED) is 0.617. The van der Waals surface area contributed by atoms with Crippen molar-refractivity contribution in [2.75, 3.05) is 6.54 Å². The second-order valence-electron chi connectivity index (χ2n) is 3.21. The Balaban J connectivity index is 4.37. The Labute approximate surface area is 83.9 Å². The van der Waals surface area contributed by atoms with Gasteiger partial charge in [0.25, 0.3) is 0 Å². The largest absolute Gasteiger partial charge is 0.465 e. The van der Waals surface area contributed by atoms with Gasteiger partial charge in [-0.15, -0.1) is 0 Å². The van der Waals surface area contributed by atoms with Crippen LogP contribution in [0.25, 0.3) is 0 Å². The van der Waals surface area contributed by atoms with Gasteiger partial charge in [0, 0.05) is 6.54 Å².